The van der Waals surface area contributed by atoms with Gasteiger partial charge in [0, 0.05) is 0 Å². The van der Waals surface area contributed by atoms with E-state index < -0.39 is 0 Å². The summed E-state index contributed by atoms with van der Waals surface area (Å²) < 4.78 is 0. The van der Waals surface area contributed by atoms with Crippen molar-refractivity contribution in [1.82, 2.24) is 0 Å². The second-order valence-corrected chi connectivity index (χ2v) is 1.13. The molecule has 0 aromatic rings. The Morgan fingerprint density at radius 2 is 2.20 bits per heavy atom. The molecule has 0 spiro atoms. The Morgan fingerprint density at radius 1 is 2.00 bits per heavy atom. The normalized spacial score (nSPS) is 8.60. The average Bonchev–Trinajstić information content (AvgIpc) is 1.38. The minimum absolute atomic E-state index is 0.0648. The van der Waals surface area contributed by atoms with Gasteiger partial charge >= 0.3 is 0 Å². The standard InChI is InChI=1S/C4H7O/c1-4(2)3-5/h3-4H,1H2,2H3/p+1. The summed E-state index contributed by atoms with van der Waals surface area (Å²) in [5, 5.41) is 0. The van der Waals surface area contributed by atoms with Gasteiger partial charge in [0.05, 0.1) is 5.92 Å². The van der Waals surface area contributed by atoms with Gasteiger partial charge in [-0.15, -0.1) is 0 Å². The van der Waals surface area contributed by atoms with Crippen LogP contribution < -0.4 is 0 Å². The van der Waals surface area contributed by atoms with Crippen LogP contribution in [0.4, 0.5) is 0 Å². The van der Waals surface area contributed by atoms with Crippen LogP contribution in [-0.2, 0) is 0 Å². The van der Waals surface area contributed by atoms with E-state index in [0.29, 0.717) is 0 Å². The first-order valence-electron chi connectivity index (χ1n) is 1.58. The first kappa shape index (κ1) is 4.67. The molecule has 0 rings (SSSR count). The van der Waals surface area contributed by atoms with Crippen LogP contribution in [-0.4, -0.2) is 11.1 Å². The maximum absolute atomic E-state index is 7.96. The van der Waals surface area contributed by atoms with E-state index in [1.165, 1.54) is 0 Å². The number of hydrogen-bond donors (Lipinski definition) is 0. The van der Waals surface area contributed by atoms with Crippen LogP contribution in [0.1, 0.15) is 6.92 Å². The highest BCUT2D eigenvalue weighted by Crippen LogP contribution is 1.77. The molecule has 0 aromatic carbocycles. The zero-order valence-electron chi connectivity index (χ0n) is 3.31. The molecule has 0 aliphatic carbocycles. The lowest BCUT2D eigenvalue weighted by Gasteiger charge is -1.73. The third kappa shape index (κ3) is 3.67. The van der Waals surface area contributed by atoms with Gasteiger partial charge in [-0.25, -0.2) is 0 Å². The number of aldehydes is 1. The quantitative estimate of drug-likeness (QED) is 0.320. The summed E-state index contributed by atoms with van der Waals surface area (Å²) in [7, 11) is 0. The summed E-state index contributed by atoms with van der Waals surface area (Å²) in [6, 6.07) is 0. The minimum atomic E-state index is 0.0648. The predicted molar refractivity (Wildman–Crippen MR) is 22.5 cm³/mol. The summed E-state index contributed by atoms with van der Waals surface area (Å²) in [4.78, 5) is 7.96. The molecular weight excluding hydrogens is 64.0 g/mol. The van der Waals surface area contributed by atoms with Crippen molar-refractivity contribution >= 4 is 6.29 Å². The van der Waals surface area contributed by atoms with Gasteiger partial charge in [0.1, 0.15) is 0 Å². The topological polar surface area (TPSA) is 21.4 Å². The lowest BCUT2D eigenvalue weighted by atomic mass is 10.3. The molecule has 0 saturated carbocycles. The van der Waals surface area contributed by atoms with Crippen molar-refractivity contribution < 1.29 is 4.79 Å². The SMILES string of the molecule is [CH2]C(C)C=[OH+]. The van der Waals surface area contributed by atoms with Crippen LogP contribution in [0, 0.1) is 12.8 Å². The number of rotatable bonds is 1. The highest BCUT2D eigenvalue weighted by atomic mass is 16.1. The van der Waals surface area contributed by atoms with Crippen LogP contribution in [0.2, 0.25) is 0 Å². The molecule has 1 heteroatoms. The molecular formula is C4H8O+. The van der Waals surface area contributed by atoms with Crippen LogP contribution in [0.15, 0.2) is 0 Å². The van der Waals surface area contributed by atoms with Gasteiger partial charge in [-0.1, -0.05) is 6.92 Å². The molecule has 1 atom stereocenters. The molecule has 0 heterocycles. The molecule has 1 nitrogen and oxygen atoms in total. The van der Waals surface area contributed by atoms with Gasteiger partial charge in [-0.05, 0) is 6.92 Å². The van der Waals surface area contributed by atoms with E-state index in [4.69, 9.17) is 4.79 Å². The highest BCUT2D eigenvalue weighted by Gasteiger charge is 1.86. The zero-order chi connectivity index (χ0) is 4.28. The van der Waals surface area contributed by atoms with Crippen molar-refractivity contribution in [3.05, 3.63) is 6.92 Å². The Kier molecular flexibility index (Phi) is 1.81. The number of carbonyl (C=O) groups excluding carboxylic acids is 1. The summed E-state index contributed by atoms with van der Waals surface area (Å²) in [5.41, 5.74) is 0. The van der Waals surface area contributed by atoms with Crippen molar-refractivity contribution in [2.75, 3.05) is 0 Å². The molecule has 29 valence electrons. The van der Waals surface area contributed by atoms with Gasteiger partial charge in [-0.2, -0.15) is 0 Å². The Hall–Kier alpha value is -0.330. The lowest BCUT2D eigenvalue weighted by Crippen LogP contribution is -1.84. The van der Waals surface area contributed by atoms with Crippen molar-refractivity contribution in [1.29, 1.82) is 0 Å². The Bertz CT molecular complexity index is 30.6. The molecule has 0 aliphatic rings. The Balaban J connectivity index is 2.83. The fourth-order valence-corrected chi connectivity index (χ4v) is 0. The van der Waals surface area contributed by atoms with E-state index in [2.05, 4.69) is 6.92 Å². The van der Waals surface area contributed by atoms with Crippen LogP contribution in [0.5, 0.6) is 0 Å². The van der Waals surface area contributed by atoms with Gasteiger partial charge in [-0.3, -0.25) is 4.79 Å². The van der Waals surface area contributed by atoms with E-state index in [0.717, 1.165) is 6.29 Å². The molecule has 0 aromatic heterocycles. The highest BCUT2D eigenvalue weighted by molar-refractivity contribution is 5.54. The Morgan fingerprint density at radius 3 is 2.20 bits per heavy atom. The van der Waals surface area contributed by atoms with Crippen molar-refractivity contribution in [3.8, 4) is 0 Å². The molecule has 1 unspecified atom stereocenters. The molecule has 1 N–H and O–H groups in total. The van der Waals surface area contributed by atoms with Crippen molar-refractivity contribution in [2.45, 2.75) is 6.92 Å². The summed E-state index contributed by atoms with van der Waals surface area (Å²) >= 11 is 0. The molecule has 0 aliphatic heterocycles. The first-order valence-corrected chi connectivity index (χ1v) is 1.58. The first-order chi connectivity index (χ1) is 2.27. The fraction of sp³-hybridized carbons (Fsp3) is 0.500. The van der Waals surface area contributed by atoms with Gasteiger partial charge in [0.2, 0.25) is 0 Å². The fourth-order valence-electron chi connectivity index (χ4n) is 0. The summed E-state index contributed by atoms with van der Waals surface area (Å²) in [6.45, 7) is 5.26. The number of hydrogen-bond acceptors (Lipinski definition) is 0. The summed E-state index contributed by atoms with van der Waals surface area (Å²) in [5.74, 6) is 0.0648. The molecule has 5 heavy (non-hydrogen) atoms. The van der Waals surface area contributed by atoms with Crippen molar-refractivity contribution in [3.63, 3.8) is 0 Å². The maximum atomic E-state index is 7.96. The van der Waals surface area contributed by atoms with Gasteiger partial charge in [0.15, 0.2) is 0 Å². The Labute approximate surface area is 32.0 Å². The van der Waals surface area contributed by atoms with E-state index in [-0.39, 0.29) is 5.92 Å². The van der Waals surface area contributed by atoms with E-state index >= 15 is 0 Å². The lowest BCUT2D eigenvalue weighted by molar-refractivity contribution is 0.665. The molecule has 0 fully saturated rings. The minimum Gasteiger partial charge on any atom is -0.287 e. The smallest absolute Gasteiger partial charge is 0.284 e. The molecule has 0 saturated heterocycles. The third-order valence-corrected chi connectivity index (χ3v) is 0.254. The second-order valence-electron chi connectivity index (χ2n) is 1.13. The zero-order valence-corrected chi connectivity index (χ0v) is 3.31. The van der Waals surface area contributed by atoms with Crippen LogP contribution >= 0.6 is 0 Å². The average molecular weight is 72.1 g/mol. The predicted octanol–water partition coefficient (Wildman–Crippen LogP) is 0.631. The van der Waals surface area contributed by atoms with E-state index in [1.54, 1.807) is 6.92 Å². The third-order valence-electron chi connectivity index (χ3n) is 0.254. The molecule has 0 amide bonds. The molecule has 0 bridgehead atoms. The largest absolute Gasteiger partial charge is 0.287 e. The maximum Gasteiger partial charge on any atom is 0.284 e. The second kappa shape index (κ2) is 1.94. The molecule has 1 radical (unpaired) electrons. The van der Waals surface area contributed by atoms with Gasteiger partial charge < -0.3 is 0 Å². The monoisotopic (exact) mass is 72.1 g/mol. The van der Waals surface area contributed by atoms with Crippen molar-refractivity contribution in [2.24, 2.45) is 5.92 Å². The van der Waals surface area contributed by atoms with Gasteiger partial charge in [0.25, 0.3) is 6.29 Å². The summed E-state index contributed by atoms with van der Waals surface area (Å²) in [6.07, 6.45) is 1.06. The van der Waals surface area contributed by atoms with E-state index in [9.17, 15) is 0 Å². The van der Waals surface area contributed by atoms with E-state index in [1.807, 2.05) is 0 Å². The van der Waals surface area contributed by atoms with Crippen LogP contribution in [0.3, 0.4) is 0 Å². The van der Waals surface area contributed by atoms with Crippen LogP contribution in [0.25, 0.3) is 0 Å².